The van der Waals surface area contributed by atoms with E-state index in [-0.39, 0.29) is 5.56 Å². The van der Waals surface area contributed by atoms with Crippen molar-refractivity contribution in [2.45, 2.75) is 64.0 Å². The number of aliphatic hydroxyl groups is 2. The molecule has 1 saturated heterocycles. The zero-order chi connectivity index (χ0) is 25.8. The smallest absolute Gasteiger partial charge is 0.298 e. The number of hydrogen-bond donors (Lipinski definition) is 3. The summed E-state index contributed by atoms with van der Waals surface area (Å²) >= 11 is 0. The zero-order valence-electron chi connectivity index (χ0n) is 20.7. The minimum Gasteiger partial charge on any atom is -0.390 e. The number of β-amino-alcohol motifs (C(OH)–C–C–N with tert-alkyl or cyclic N) is 1. The third-order valence-corrected chi connectivity index (χ3v) is 7.38. The van der Waals surface area contributed by atoms with Crippen LogP contribution >= 0.6 is 0 Å². The third kappa shape index (κ3) is 4.28. The van der Waals surface area contributed by atoms with Crippen molar-refractivity contribution in [3.8, 4) is 0 Å². The number of aliphatic hydroxyl groups excluding tert-OH is 1. The van der Waals surface area contributed by atoms with E-state index in [0.29, 0.717) is 24.6 Å². The molecule has 9 heteroatoms. The molecule has 5 rings (SSSR count). The highest BCUT2D eigenvalue weighted by atomic mass is 19.3. The Labute approximate surface area is 208 Å². The number of aryl methyl sites for hydroxylation is 2. The molecule has 2 aromatic carbocycles. The normalized spacial score (nSPS) is 20.7. The Kier molecular flexibility index (Phi) is 6.11. The van der Waals surface area contributed by atoms with Crippen molar-refractivity contribution < 1.29 is 23.4 Å². The van der Waals surface area contributed by atoms with Crippen LogP contribution in [0.5, 0.6) is 0 Å². The predicted molar refractivity (Wildman–Crippen MR) is 133 cm³/mol. The van der Waals surface area contributed by atoms with Crippen LogP contribution in [0.1, 0.15) is 60.8 Å². The molecule has 0 amide bonds. The van der Waals surface area contributed by atoms with Gasteiger partial charge in [0.15, 0.2) is 0 Å². The summed E-state index contributed by atoms with van der Waals surface area (Å²) < 4.78 is 43.3. The number of fused-ring (bicyclic) bond motifs is 3. The molecule has 1 fully saturated rings. The van der Waals surface area contributed by atoms with Gasteiger partial charge in [-0.1, -0.05) is 12.1 Å². The van der Waals surface area contributed by atoms with Crippen LogP contribution in [0, 0.1) is 12.7 Å². The van der Waals surface area contributed by atoms with Crippen molar-refractivity contribution in [1.82, 2.24) is 9.97 Å². The molecule has 2 heterocycles. The monoisotopic (exact) mass is 500 g/mol. The third-order valence-electron chi connectivity index (χ3n) is 7.38. The lowest BCUT2D eigenvalue weighted by Crippen LogP contribution is -2.30. The van der Waals surface area contributed by atoms with Gasteiger partial charge in [0.1, 0.15) is 24.1 Å². The second kappa shape index (κ2) is 8.88. The van der Waals surface area contributed by atoms with Crippen LogP contribution in [-0.4, -0.2) is 45.5 Å². The SMILES string of the molecule is Cc1nc(NC(C)c2cccc(C(F)(F)CO)c2F)c2cc(N3CCC(C)(O)C3)c3c(c2n1)CCC3. The fourth-order valence-corrected chi connectivity index (χ4v) is 5.54. The van der Waals surface area contributed by atoms with Crippen LogP contribution < -0.4 is 10.2 Å². The molecule has 6 nitrogen and oxygen atoms in total. The van der Waals surface area contributed by atoms with Crippen molar-refractivity contribution in [2.24, 2.45) is 0 Å². The number of halogens is 3. The maximum absolute atomic E-state index is 15.1. The van der Waals surface area contributed by atoms with Crippen LogP contribution in [-0.2, 0) is 18.8 Å². The molecular formula is C27H31F3N4O2. The molecule has 0 radical (unpaired) electrons. The molecule has 1 aliphatic carbocycles. The lowest BCUT2D eigenvalue weighted by atomic mass is 9.99. The van der Waals surface area contributed by atoms with E-state index in [1.165, 1.54) is 23.3 Å². The number of alkyl halides is 2. The van der Waals surface area contributed by atoms with Gasteiger partial charge >= 0.3 is 0 Å². The minimum absolute atomic E-state index is 0.0574. The number of rotatable bonds is 6. The molecular weight excluding hydrogens is 469 g/mol. The van der Waals surface area contributed by atoms with E-state index in [2.05, 4.69) is 15.2 Å². The van der Waals surface area contributed by atoms with E-state index in [1.807, 2.05) is 13.0 Å². The minimum atomic E-state index is -3.68. The molecule has 3 aromatic rings. The molecule has 0 saturated carbocycles. The first-order chi connectivity index (χ1) is 17.0. The van der Waals surface area contributed by atoms with Gasteiger partial charge in [0.05, 0.1) is 22.7 Å². The van der Waals surface area contributed by atoms with Gasteiger partial charge in [0.2, 0.25) is 0 Å². The quantitative estimate of drug-likeness (QED) is 0.452. The standard InChI is InChI=1S/C27H31F3N4O2/c1-15(17-6-5-9-21(23(17)28)27(29,30)14-35)31-25-20-12-22(34-11-10-26(3,36)13-34)18-7-4-8-19(18)24(20)32-16(2)33-25/h5-6,9,12,15,35-36H,4,7-8,10-11,13-14H2,1-3H3,(H,31,32,33). The molecule has 2 aliphatic rings. The molecule has 1 aromatic heterocycles. The highest BCUT2D eigenvalue weighted by Gasteiger charge is 2.36. The van der Waals surface area contributed by atoms with Crippen molar-refractivity contribution in [3.05, 3.63) is 58.2 Å². The molecule has 192 valence electrons. The number of hydrogen-bond acceptors (Lipinski definition) is 6. The fourth-order valence-electron chi connectivity index (χ4n) is 5.54. The molecule has 36 heavy (non-hydrogen) atoms. The fraction of sp³-hybridized carbons (Fsp3) is 0.481. The van der Waals surface area contributed by atoms with Gasteiger partial charge in [-0.15, -0.1) is 0 Å². The van der Waals surface area contributed by atoms with Gasteiger partial charge in [-0.05, 0) is 69.7 Å². The summed E-state index contributed by atoms with van der Waals surface area (Å²) in [5.74, 6) is -3.66. The Morgan fingerprint density at radius 3 is 2.67 bits per heavy atom. The number of anilines is 2. The highest BCUT2D eigenvalue weighted by Crippen LogP contribution is 2.41. The van der Waals surface area contributed by atoms with Gasteiger partial charge < -0.3 is 20.4 Å². The second-order valence-electron chi connectivity index (χ2n) is 10.3. The van der Waals surface area contributed by atoms with Crippen molar-refractivity contribution in [3.63, 3.8) is 0 Å². The number of aromatic nitrogens is 2. The second-order valence-corrected chi connectivity index (χ2v) is 10.3. The van der Waals surface area contributed by atoms with Crippen molar-refractivity contribution >= 4 is 22.4 Å². The predicted octanol–water partition coefficient (Wildman–Crippen LogP) is 4.78. The van der Waals surface area contributed by atoms with E-state index in [4.69, 9.17) is 10.1 Å². The largest absolute Gasteiger partial charge is 0.390 e. The van der Waals surface area contributed by atoms with E-state index in [0.717, 1.165) is 48.5 Å². The zero-order valence-corrected chi connectivity index (χ0v) is 20.7. The molecule has 2 atom stereocenters. The molecule has 0 bridgehead atoms. The van der Waals surface area contributed by atoms with E-state index >= 15 is 4.39 Å². The first-order valence-electron chi connectivity index (χ1n) is 12.4. The Balaban J connectivity index is 1.58. The van der Waals surface area contributed by atoms with Gasteiger partial charge in [-0.3, -0.25) is 0 Å². The highest BCUT2D eigenvalue weighted by molar-refractivity contribution is 5.96. The van der Waals surface area contributed by atoms with Crippen LogP contribution in [0.25, 0.3) is 10.9 Å². The van der Waals surface area contributed by atoms with E-state index < -0.39 is 35.6 Å². The lowest BCUT2D eigenvalue weighted by molar-refractivity contribution is -0.0583. The number of benzene rings is 2. The topological polar surface area (TPSA) is 81.5 Å². The average molecular weight is 501 g/mol. The van der Waals surface area contributed by atoms with E-state index in [9.17, 15) is 13.9 Å². The van der Waals surface area contributed by atoms with Crippen molar-refractivity contribution in [1.29, 1.82) is 0 Å². The summed E-state index contributed by atoms with van der Waals surface area (Å²) in [4.78, 5) is 11.5. The number of nitrogens with zero attached hydrogens (tertiary/aromatic N) is 3. The Bertz CT molecular complexity index is 1330. The van der Waals surface area contributed by atoms with Gasteiger partial charge in [0.25, 0.3) is 5.92 Å². The summed E-state index contributed by atoms with van der Waals surface area (Å²) in [5.41, 5.74) is 2.81. The lowest BCUT2D eigenvalue weighted by Gasteiger charge is -2.25. The molecule has 3 N–H and O–H groups in total. The summed E-state index contributed by atoms with van der Waals surface area (Å²) in [6.07, 6.45) is 3.53. The Morgan fingerprint density at radius 1 is 1.22 bits per heavy atom. The van der Waals surface area contributed by atoms with Gasteiger partial charge in [-0.2, -0.15) is 8.78 Å². The number of nitrogens with one attached hydrogen (secondary N) is 1. The van der Waals surface area contributed by atoms with Crippen LogP contribution in [0.15, 0.2) is 24.3 Å². The average Bonchev–Trinajstić information content (AvgIpc) is 3.45. The van der Waals surface area contributed by atoms with Gasteiger partial charge in [0, 0.05) is 29.7 Å². The van der Waals surface area contributed by atoms with Crippen LogP contribution in [0.3, 0.4) is 0 Å². The molecule has 0 spiro atoms. The maximum Gasteiger partial charge on any atom is 0.298 e. The summed E-state index contributed by atoms with van der Waals surface area (Å²) in [7, 11) is 0. The summed E-state index contributed by atoms with van der Waals surface area (Å²) in [6, 6.07) is 5.18. The van der Waals surface area contributed by atoms with Crippen molar-refractivity contribution in [2.75, 3.05) is 29.9 Å². The maximum atomic E-state index is 15.1. The first-order valence-corrected chi connectivity index (χ1v) is 12.4. The Hall–Kier alpha value is -2.91. The first kappa shape index (κ1) is 24.8. The van der Waals surface area contributed by atoms with Crippen LogP contribution in [0.4, 0.5) is 24.7 Å². The summed E-state index contributed by atoms with van der Waals surface area (Å²) in [6.45, 7) is 5.14. The van der Waals surface area contributed by atoms with Crippen LogP contribution in [0.2, 0.25) is 0 Å². The van der Waals surface area contributed by atoms with E-state index in [1.54, 1.807) is 13.8 Å². The Morgan fingerprint density at radius 2 is 1.97 bits per heavy atom. The van der Waals surface area contributed by atoms with Gasteiger partial charge in [-0.25, -0.2) is 14.4 Å². The molecule has 1 aliphatic heterocycles. The molecule has 2 unspecified atom stereocenters. The summed E-state index contributed by atoms with van der Waals surface area (Å²) in [5, 5.41) is 23.6.